The zero-order valence-electron chi connectivity index (χ0n) is 34.1. The largest absolute Gasteiger partial charge is 0.462 e. The van der Waals surface area contributed by atoms with E-state index < -0.39 is 32.1 Å². The second-order valence-corrected chi connectivity index (χ2v) is 20.5. The van der Waals surface area contributed by atoms with Crippen LogP contribution in [0.25, 0.3) is 0 Å². The molecule has 310 valence electrons. The summed E-state index contributed by atoms with van der Waals surface area (Å²) in [5.41, 5.74) is 7.59. The van der Waals surface area contributed by atoms with Gasteiger partial charge in [-0.15, -0.1) is 0 Å². The van der Waals surface area contributed by atoms with Crippen molar-refractivity contribution in [3.63, 3.8) is 0 Å². The molecule has 0 saturated heterocycles. The van der Waals surface area contributed by atoms with Crippen LogP contribution in [0.1, 0.15) is 152 Å². The fourth-order valence-electron chi connectivity index (χ4n) is 5.99. The molecule has 56 heavy (non-hydrogen) atoms. The first kappa shape index (κ1) is 47.9. The van der Waals surface area contributed by atoms with Crippen LogP contribution in [0, 0.1) is 0 Å². The number of carbonyl (C=O) groups excluding carboxylic acids is 2. The van der Waals surface area contributed by atoms with E-state index in [9.17, 15) is 9.59 Å². The Bertz CT molecular complexity index is 1630. The summed E-state index contributed by atoms with van der Waals surface area (Å²) in [6.45, 7) is 25.0. The van der Waals surface area contributed by atoms with E-state index in [1.807, 2.05) is 0 Å². The number of para-hydroxylation sites is 2. The Morgan fingerprint density at radius 3 is 0.964 bits per heavy atom. The minimum Gasteiger partial charge on any atom is -0.462 e. The maximum absolute atomic E-state index is 13.7. The highest BCUT2D eigenvalue weighted by molar-refractivity contribution is 6.68. The number of benzene rings is 3. The van der Waals surface area contributed by atoms with Crippen molar-refractivity contribution in [2.24, 2.45) is 0 Å². The van der Waals surface area contributed by atoms with Gasteiger partial charge in [-0.25, -0.2) is 9.59 Å². The lowest BCUT2D eigenvalue weighted by molar-refractivity contribution is 0.140. The number of amides is 4. The summed E-state index contributed by atoms with van der Waals surface area (Å²) in [6, 6.07) is 13.4. The van der Waals surface area contributed by atoms with Gasteiger partial charge in [0.1, 0.15) is 0 Å². The van der Waals surface area contributed by atoms with Crippen molar-refractivity contribution in [2.75, 3.05) is 10.6 Å². The third-order valence-electron chi connectivity index (χ3n) is 9.20. The molecule has 0 bridgehead atoms. The summed E-state index contributed by atoms with van der Waals surface area (Å²) in [7, 11) is 0. The molecule has 0 spiro atoms. The predicted molar refractivity (Wildman–Crippen MR) is 238 cm³/mol. The van der Waals surface area contributed by atoms with Gasteiger partial charge >= 0.3 is 12.1 Å². The van der Waals surface area contributed by atoms with E-state index in [-0.39, 0.29) is 35.2 Å². The topological polar surface area (TPSA) is 101 Å². The van der Waals surface area contributed by atoms with Crippen LogP contribution >= 0.6 is 69.6 Å². The van der Waals surface area contributed by atoms with Crippen LogP contribution in [0.3, 0.4) is 0 Å². The van der Waals surface area contributed by atoms with E-state index in [0.29, 0.717) is 23.2 Å². The van der Waals surface area contributed by atoms with Crippen molar-refractivity contribution in [3.05, 3.63) is 81.9 Å². The summed E-state index contributed by atoms with van der Waals surface area (Å²) >= 11 is 38.3. The van der Waals surface area contributed by atoms with Gasteiger partial charge in [-0.2, -0.15) is 0 Å². The molecule has 4 amide bonds. The second kappa shape index (κ2) is 20.0. The Balaban J connectivity index is 1.92. The number of ether oxygens (including phenoxy) is 2. The minimum absolute atomic E-state index is 0.0195. The van der Waals surface area contributed by atoms with Gasteiger partial charge in [0.2, 0.25) is 20.0 Å². The van der Waals surface area contributed by atoms with Gasteiger partial charge in [-0.3, -0.25) is 10.6 Å². The Kier molecular flexibility index (Phi) is 17.1. The summed E-state index contributed by atoms with van der Waals surface area (Å²) in [5, 5.41) is 11.3. The molecule has 3 rings (SSSR count). The highest BCUT2D eigenvalue weighted by Gasteiger charge is 2.40. The number of alkyl halides is 6. The Hall–Kier alpha value is -2.46. The van der Waals surface area contributed by atoms with Crippen LogP contribution < -0.4 is 30.7 Å². The molecule has 0 aromatic heterocycles. The van der Waals surface area contributed by atoms with Crippen LogP contribution in [-0.4, -0.2) is 32.1 Å². The monoisotopic (exact) mass is 890 g/mol. The van der Waals surface area contributed by atoms with Crippen molar-refractivity contribution in [1.29, 1.82) is 0 Å². The number of nitrogens with one attached hydrogen (secondary N) is 4. The second-order valence-electron chi connectivity index (χ2n) is 15.8. The number of hydrogen-bond acceptors (Lipinski definition) is 4. The molecule has 0 saturated carbocycles. The van der Waals surface area contributed by atoms with E-state index in [1.165, 1.54) is 23.3 Å². The zero-order valence-corrected chi connectivity index (χ0v) is 38.7. The van der Waals surface area contributed by atoms with E-state index in [4.69, 9.17) is 79.1 Å². The van der Waals surface area contributed by atoms with Crippen molar-refractivity contribution in [2.45, 2.75) is 139 Å². The van der Waals surface area contributed by atoms with Gasteiger partial charge in [0, 0.05) is 11.4 Å². The first-order valence-electron chi connectivity index (χ1n) is 18.9. The van der Waals surface area contributed by atoms with Crippen molar-refractivity contribution >= 4 is 93.0 Å². The third-order valence-corrected chi connectivity index (χ3v) is 10.4. The normalized spacial score (nSPS) is 13.4. The number of halogens is 6. The van der Waals surface area contributed by atoms with Crippen LogP contribution in [0.4, 0.5) is 21.0 Å². The summed E-state index contributed by atoms with van der Waals surface area (Å²) < 4.78 is 7.89. The summed E-state index contributed by atoms with van der Waals surface area (Å²) in [4.78, 5) is 27.3. The SMILES string of the molecule is CC(C)c1cc(C(C)C)c(NC(=O)N[C@H](Oc2ccccc2O[C@H](NC(=O)Nc2c(C(C)C)cc(C(C)C)cc2C(C)C)C(Cl)(Cl)Cl)C(Cl)(Cl)Cl)c(C(C)C)c1. The molecule has 0 unspecified atom stereocenters. The summed E-state index contributed by atoms with van der Waals surface area (Å²) in [5.74, 6) is 1.04. The van der Waals surface area contributed by atoms with E-state index in [1.54, 1.807) is 12.1 Å². The minimum atomic E-state index is -2.16. The van der Waals surface area contributed by atoms with Crippen molar-refractivity contribution in [3.8, 4) is 11.5 Å². The molecule has 4 N–H and O–H groups in total. The van der Waals surface area contributed by atoms with E-state index in [2.05, 4.69) is 129 Å². The molecule has 0 aliphatic heterocycles. The predicted octanol–water partition coefficient (Wildman–Crippen LogP) is 14.2. The average Bonchev–Trinajstić information content (AvgIpc) is 3.06. The number of urea groups is 2. The van der Waals surface area contributed by atoms with Crippen LogP contribution in [-0.2, 0) is 0 Å². The van der Waals surface area contributed by atoms with Gasteiger partial charge in [0.05, 0.1) is 0 Å². The Morgan fingerprint density at radius 2 is 0.750 bits per heavy atom. The first-order valence-corrected chi connectivity index (χ1v) is 21.1. The van der Waals surface area contributed by atoms with Crippen LogP contribution in [0.2, 0.25) is 0 Å². The number of anilines is 2. The fraction of sp³-hybridized carbons (Fsp3) is 0.524. The molecular weight excluding hydrogens is 837 g/mol. The Morgan fingerprint density at radius 1 is 0.482 bits per heavy atom. The van der Waals surface area contributed by atoms with Gasteiger partial charge in [0.15, 0.2) is 11.5 Å². The molecule has 0 aliphatic rings. The lowest BCUT2D eigenvalue weighted by atomic mass is 9.87. The molecule has 8 nitrogen and oxygen atoms in total. The number of carbonyl (C=O) groups is 2. The standard InChI is InChI=1S/C42H56Cl6N4O4/c1-21(2)27-17-29(23(5)6)35(30(18-27)24(7)8)49-39(53)51-37(41(43,44)45)55-33-15-13-14-16-34(33)56-38(42(46,47)48)52-40(54)50-36-31(25(9)10)19-28(22(3)4)20-32(36)26(11)12/h13-26,37-38H,1-12H3,(H2,49,51,53)(H2,50,52,54)/t37-,38+. The van der Waals surface area contributed by atoms with Gasteiger partial charge in [-0.05, 0) is 81.0 Å². The molecule has 2 atom stereocenters. The van der Waals surface area contributed by atoms with Gasteiger partial charge in [-0.1, -0.05) is 189 Å². The van der Waals surface area contributed by atoms with E-state index >= 15 is 0 Å². The molecule has 0 fully saturated rings. The highest BCUT2D eigenvalue weighted by Crippen LogP contribution is 2.40. The highest BCUT2D eigenvalue weighted by atomic mass is 35.6. The molecule has 3 aromatic carbocycles. The van der Waals surface area contributed by atoms with Crippen molar-refractivity contribution < 1.29 is 19.1 Å². The number of hydrogen-bond donors (Lipinski definition) is 4. The Labute approximate surface area is 363 Å². The quantitative estimate of drug-likeness (QED) is 0.0956. The smallest absolute Gasteiger partial charge is 0.322 e. The third kappa shape index (κ3) is 13.0. The fourth-order valence-corrected chi connectivity index (χ4v) is 6.59. The lowest BCUT2D eigenvalue weighted by Gasteiger charge is -2.30. The molecule has 0 radical (unpaired) electrons. The number of rotatable bonds is 14. The van der Waals surface area contributed by atoms with Gasteiger partial charge < -0.3 is 20.1 Å². The molecule has 0 heterocycles. The van der Waals surface area contributed by atoms with Crippen molar-refractivity contribution in [1.82, 2.24) is 10.6 Å². The maximum atomic E-state index is 13.7. The molecular formula is C42H56Cl6N4O4. The van der Waals surface area contributed by atoms with Gasteiger partial charge in [0.25, 0.3) is 0 Å². The maximum Gasteiger partial charge on any atom is 0.322 e. The van der Waals surface area contributed by atoms with Crippen LogP contribution in [0.5, 0.6) is 11.5 Å². The van der Waals surface area contributed by atoms with Crippen LogP contribution in [0.15, 0.2) is 48.5 Å². The molecule has 0 aliphatic carbocycles. The summed E-state index contributed by atoms with van der Waals surface area (Å²) in [6.07, 6.45) is -3.06. The molecule has 3 aromatic rings. The zero-order chi connectivity index (χ0) is 42.4. The molecule has 14 heteroatoms. The first-order chi connectivity index (χ1) is 25.8. The lowest BCUT2D eigenvalue weighted by Crippen LogP contribution is -2.50. The van der Waals surface area contributed by atoms with E-state index in [0.717, 1.165) is 22.3 Å². The average molecular weight is 894 g/mol.